The second-order valence-electron chi connectivity index (χ2n) is 10.8. The number of hydrogen-bond donors (Lipinski definition) is 0. The van der Waals surface area contributed by atoms with E-state index in [2.05, 4.69) is 72.8 Å². The molecule has 224 valence electrons. The zero-order valence-corrected chi connectivity index (χ0v) is 25.6. The monoisotopic (exact) mass is 600 g/mol. The fraction of sp³-hybridized carbons (Fsp3) is 0.0476. The zero-order chi connectivity index (χ0) is 31.9. The average molecular weight is 601 g/mol. The molecule has 0 amide bonds. The number of carbonyl (C=O) groups excluding carboxylic acids is 2. The number of ether oxygens (including phenoxy) is 2. The number of carbonyl (C=O) groups is 2. The van der Waals surface area contributed by atoms with Crippen LogP contribution >= 0.6 is 0 Å². The summed E-state index contributed by atoms with van der Waals surface area (Å²) in [7, 11) is 3.34. The van der Waals surface area contributed by atoms with E-state index in [0.717, 1.165) is 79.7 Å². The topological polar surface area (TPSA) is 52.6 Å². The number of rotatable bonds is 10. The molecule has 6 rings (SSSR count). The summed E-state index contributed by atoms with van der Waals surface area (Å²) in [4.78, 5) is 22.3. The van der Waals surface area contributed by atoms with Gasteiger partial charge in [-0.2, -0.15) is 0 Å². The van der Waals surface area contributed by atoms with Gasteiger partial charge in [-0.25, -0.2) is 0 Å². The molecular weight excluding hydrogens is 568 g/mol. The van der Waals surface area contributed by atoms with Crippen LogP contribution in [0.15, 0.2) is 146 Å². The normalized spacial score (nSPS) is 10.6. The van der Waals surface area contributed by atoms with E-state index in [1.165, 1.54) is 0 Å². The van der Waals surface area contributed by atoms with Gasteiger partial charge in [0.05, 0.1) is 14.2 Å². The van der Waals surface area contributed by atoms with Crippen LogP contribution < -0.4 is 9.47 Å². The summed E-state index contributed by atoms with van der Waals surface area (Å²) in [6.07, 6.45) is 1.71. The van der Waals surface area contributed by atoms with Crippen molar-refractivity contribution in [1.82, 2.24) is 0 Å². The van der Waals surface area contributed by atoms with Gasteiger partial charge >= 0.3 is 0 Å². The van der Waals surface area contributed by atoms with Crippen molar-refractivity contribution in [3.8, 4) is 33.8 Å². The largest absolute Gasteiger partial charge is 0.497 e. The summed E-state index contributed by atoms with van der Waals surface area (Å²) in [6.45, 7) is 0. The van der Waals surface area contributed by atoms with Crippen LogP contribution in [0.2, 0.25) is 0 Å². The van der Waals surface area contributed by atoms with Crippen molar-refractivity contribution in [3.63, 3.8) is 0 Å². The molecule has 0 aliphatic carbocycles. The molecule has 0 heterocycles. The molecule has 0 atom stereocenters. The van der Waals surface area contributed by atoms with Crippen LogP contribution in [0.3, 0.4) is 0 Å². The van der Waals surface area contributed by atoms with Crippen molar-refractivity contribution in [2.24, 2.45) is 0 Å². The van der Waals surface area contributed by atoms with Crippen molar-refractivity contribution < 1.29 is 19.1 Å². The second-order valence-corrected chi connectivity index (χ2v) is 10.8. The molecular formula is C42H32O4. The Morgan fingerprint density at radius 3 is 0.848 bits per heavy atom. The lowest BCUT2D eigenvalue weighted by Crippen LogP contribution is -1.98. The number of hydrogen-bond acceptors (Lipinski definition) is 4. The number of methoxy groups -OCH3 is 2. The molecule has 0 aliphatic heterocycles. The van der Waals surface area contributed by atoms with Crippen LogP contribution in [0.25, 0.3) is 33.4 Å². The Balaban J connectivity index is 1.54. The fourth-order valence-electron chi connectivity index (χ4n) is 5.59. The molecule has 0 bridgehead atoms. The summed E-state index contributed by atoms with van der Waals surface area (Å²) >= 11 is 0. The van der Waals surface area contributed by atoms with E-state index < -0.39 is 0 Å². The highest BCUT2D eigenvalue weighted by Gasteiger charge is 2.17. The first-order chi connectivity index (χ1) is 22.6. The first-order valence-corrected chi connectivity index (χ1v) is 15.0. The van der Waals surface area contributed by atoms with Crippen molar-refractivity contribution in [2.45, 2.75) is 0 Å². The van der Waals surface area contributed by atoms with Gasteiger partial charge in [0.2, 0.25) is 0 Å². The molecule has 0 saturated heterocycles. The van der Waals surface area contributed by atoms with Crippen molar-refractivity contribution >= 4 is 23.7 Å². The molecule has 0 aliphatic rings. The summed E-state index contributed by atoms with van der Waals surface area (Å²) in [5, 5.41) is 0. The minimum atomic E-state index is 0.650. The third-order valence-corrected chi connectivity index (χ3v) is 8.11. The Morgan fingerprint density at radius 1 is 0.370 bits per heavy atom. The maximum absolute atomic E-state index is 11.2. The molecule has 4 heteroatoms. The molecule has 0 N–H and O–H groups in total. The third kappa shape index (κ3) is 6.42. The molecule has 4 nitrogen and oxygen atoms in total. The van der Waals surface area contributed by atoms with Gasteiger partial charge in [0.25, 0.3) is 0 Å². The lowest BCUT2D eigenvalue weighted by molar-refractivity contribution is 0.111. The Kier molecular flexibility index (Phi) is 8.98. The molecule has 0 fully saturated rings. The summed E-state index contributed by atoms with van der Waals surface area (Å²) in [5.74, 6) is 1.57. The molecule has 6 aromatic rings. The quantitative estimate of drug-likeness (QED) is 0.116. The van der Waals surface area contributed by atoms with Gasteiger partial charge in [0.15, 0.2) is 0 Å². The van der Waals surface area contributed by atoms with Crippen LogP contribution in [0.4, 0.5) is 0 Å². The lowest BCUT2D eigenvalue weighted by atomic mass is 9.85. The molecule has 46 heavy (non-hydrogen) atoms. The predicted octanol–water partition coefficient (Wildman–Crippen LogP) is 9.67. The van der Waals surface area contributed by atoms with Crippen LogP contribution in [-0.2, 0) is 0 Å². The first-order valence-electron chi connectivity index (χ1n) is 15.0. The second kappa shape index (κ2) is 13.7. The summed E-state index contributed by atoms with van der Waals surface area (Å²) in [5.41, 5.74) is 11.8. The Labute approximate surface area is 269 Å². The Bertz CT molecular complexity index is 1820. The van der Waals surface area contributed by atoms with Crippen molar-refractivity contribution in [1.29, 1.82) is 0 Å². The Hall–Kier alpha value is -6.00. The van der Waals surface area contributed by atoms with Gasteiger partial charge in [-0.1, -0.05) is 121 Å². The molecule has 0 aromatic heterocycles. The molecule has 0 unspecified atom stereocenters. The van der Waals surface area contributed by atoms with E-state index in [1.807, 2.05) is 72.8 Å². The highest BCUT2D eigenvalue weighted by atomic mass is 16.5. The minimum absolute atomic E-state index is 0.650. The number of benzene rings is 6. The smallest absolute Gasteiger partial charge is 0.150 e. The van der Waals surface area contributed by atoms with E-state index in [9.17, 15) is 9.59 Å². The van der Waals surface area contributed by atoms with Crippen LogP contribution in [-0.4, -0.2) is 26.8 Å². The minimum Gasteiger partial charge on any atom is -0.497 e. The van der Waals surface area contributed by atoms with Gasteiger partial charge < -0.3 is 9.47 Å². The van der Waals surface area contributed by atoms with Crippen LogP contribution in [0, 0.1) is 0 Å². The summed E-state index contributed by atoms with van der Waals surface area (Å²) < 4.78 is 11.0. The Morgan fingerprint density at radius 2 is 0.609 bits per heavy atom. The van der Waals surface area contributed by atoms with Gasteiger partial charge in [-0.05, 0) is 79.9 Å². The maximum atomic E-state index is 11.2. The van der Waals surface area contributed by atoms with E-state index >= 15 is 0 Å². The highest BCUT2D eigenvalue weighted by molar-refractivity contribution is 6.05. The van der Waals surface area contributed by atoms with Crippen molar-refractivity contribution in [3.05, 3.63) is 179 Å². The summed E-state index contributed by atoms with van der Waals surface area (Å²) in [6, 6.07) is 48.6. The van der Waals surface area contributed by atoms with Gasteiger partial charge in [-0.3, -0.25) is 9.59 Å². The van der Waals surface area contributed by atoms with E-state index in [1.54, 1.807) is 14.2 Å². The van der Waals surface area contributed by atoms with Crippen LogP contribution in [0.1, 0.15) is 43.0 Å². The highest BCUT2D eigenvalue weighted by Crippen LogP contribution is 2.39. The van der Waals surface area contributed by atoms with Gasteiger partial charge in [0, 0.05) is 11.1 Å². The zero-order valence-electron chi connectivity index (χ0n) is 25.6. The van der Waals surface area contributed by atoms with E-state index in [-0.39, 0.29) is 0 Å². The molecule has 0 saturated carbocycles. The fourth-order valence-corrected chi connectivity index (χ4v) is 5.59. The lowest BCUT2D eigenvalue weighted by Gasteiger charge is -2.19. The van der Waals surface area contributed by atoms with Gasteiger partial charge in [0.1, 0.15) is 24.1 Å². The van der Waals surface area contributed by atoms with E-state index in [4.69, 9.17) is 9.47 Å². The number of aldehydes is 2. The van der Waals surface area contributed by atoms with Crippen molar-refractivity contribution in [2.75, 3.05) is 14.2 Å². The first kappa shape index (κ1) is 30.0. The third-order valence-electron chi connectivity index (χ3n) is 8.11. The van der Waals surface area contributed by atoms with E-state index in [0.29, 0.717) is 11.1 Å². The van der Waals surface area contributed by atoms with Gasteiger partial charge in [-0.15, -0.1) is 0 Å². The standard InChI is InChI=1S/C42H32O4/c1-45-39-23-19-37(20-24-39)42(38-21-25-40(46-2)26-22-38)41(35-15-11-33(12-16-35)31-7-3-29(27-43)4-8-31)36-17-13-34(14-18-36)32-9-5-30(28-44)6-10-32/h3-28H,1-2H3. The SMILES string of the molecule is COc1ccc(C(=C(c2ccc(-c3ccc(C=O)cc3)cc2)c2ccc(-c3ccc(C=O)cc3)cc2)c2ccc(OC)cc2)cc1. The predicted molar refractivity (Wildman–Crippen MR) is 186 cm³/mol. The van der Waals surface area contributed by atoms with Crippen LogP contribution in [0.5, 0.6) is 11.5 Å². The maximum Gasteiger partial charge on any atom is 0.150 e. The molecule has 0 radical (unpaired) electrons. The molecule has 0 spiro atoms. The molecule has 6 aromatic carbocycles. The average Bonchev–Trinajstić information content (AvgIpc) is 3.14.